The molecule has 2 saturated heterocycles. The number of allylic oxidation sites excluding steroid dienone is 2. The van der Waals surface area contributed by atoms with E-state index < -0.39 is 8.32 Å². The molecule has 2 fully saturated rings. The van der Waals surface area contributed by atoms with Gasteiger partial charge in [-0.25, -0.2) is 0 Å². The van der Waals surface area contributed by atoms with Crippen LogP contribution >= 0.6 is 0 Å². The molecule has 0 spiro atoms. The third-order valence-corrected chi connectivity index (χ3v) is 6.95. The van der Waals surface area contributed by atoms with Gasteiger partial charge >= 0.3 is 6.92 Å². The summed E-state index contributed by atoms with van der Waals surface area (Å²) in [5.74, 6) is 1.94. The van der Waals surface area contributed by atoms with Gasteiger partial charge in [0.2, 0.25) is 0 Å². The molecule has 4 heteroatoms. The second kappa shape index (κ2) is 7.74. The van der Waals surface area contributed by atoms with Crippen LogP contribution in [0.3, 0.4) is 0 Å². The normalized spacial score (nSPS) is 26.7. The van der Waals surface area contributed by atoms with Gasteiger partial charge in [0, 0.05) is 0 Å². The summed E-state index contributed by atoms with van der Waals surface area (Å²) >= 11 is 0. The van der Waals surface area contributed by atoms with Crippen molar-refractivity contribution in [3.8, 4) is 0 Å². The number of hydrogen-bond acceptors (Lipinski definition) is 1. The second-order valence-electron chi connectivity index (χ2n) is 8.60. The standard InChI is InChI=1S/C18H36B2OSi/c1-7-18(19(8-2)21-22(4,5)6)15(3)20-16-11-9-12-17(20)14-10-13-16/h16-17H,7-14H2,1-6H3/b18-15-. The van der Waals surface area contributed by atoms with Crippen molar-refractivity contribution in [2.45, 2.75) is 103 Å². The van der Waals surface area contributed by atoms with E-state index in [0.29, 0.717) is 6.92 Å². The molecule has 0 unspecified atom stereocenters. The summed E-state index contributed by atoms with van der Waals surface area (Å²) in [6.07, 6.45) is 11.1. The fraction of sp³-hybridized carbons (Fsp3) is 0.889. The molecule has 2 aliphatic rings. The Bertz CT molecular complexity index is 380. The van der Waals surface area contributed by atoms with Crippen molar-refractivity contribution in [3.63, 3.8) is 0 Å². The SMILES string of the molecule is CCB(O[Si](C)(C)C)/C(CC)=C(/C)B1C2CCCC1CCC2. The highest BCUT2D eigenvalue weighted by Crippen LogP contribution is 2.49. The van der Waals surface area contributed by atoms with E-state index in [1.807, 2.05) is 0 Å². The van der Waals surface area contributed by atoms with Crippen LogP contribution in [0.15, 0.2) is 10.9 Å². The second-order valence-corrected chi connectivity index (χ2v) is 13.1. The average Bonchev–Trinajstić information content (AvgIpc) is 2.44. The van der Waals surface area contributed by atoms with Crippen LogP contribution in [0.1, 0.15) is 65.7 Å². The third-order valence-electron chi connectivity index (χ3n) is 5.96. The lowest BCUT2D eigenvalue weighted by Gasteiger charge is -2.42. The maximum absolute atomic E-state index is 6.56. The van der Waals surface area contributed by atoms with Gasteiger partial charge in [0.1, 0.15) is 0 Å². The van der Waals surface area contributed by atoms with Gasteiger partial charge in [0.15, 0.2) is 15.0 Å². The van der Waals surface area contributed by atoms with Gasteiger partial charge in [-0.2, -0.15) is 0 Å². The van der Waals surface area contributed by atoms with Crippen LogP contribution in [0.25, 0.3) is 0 Å². The Hall–Kier alpha value is 0.0468. The molecule has 0 amide bonds. The van der Waals surface area contributed by atoms with Crippen molar-refractivity contribution >= 4 is 21.9 Å². The van der Waals surface area contributed by atoms with Crippen molar-refractivity contribution < 1.29 is 4.34 Å². The predicted molar refractivity (Wildman–Crippen MR) is 105 cm³/mol. The molecule has 0 aromatic rings. The maximum atomic E-state index is 6.56. The zero-order valence-corrected chi connectivity index (χ0v) is 16.9. The minimum absolute atomic E-state index is 0.374. The minimum atomic E-state index is -1.48. The monoisotopic (exact) mass is 318 g/mol. The van der Waals surface area contributed by atoms with E-state index in [0.717, 1.165) is 24.7 Å². The fourth-order valence-corrected chi connectivity index (χ4v) is 6.35. The van der Waals surface area contributed by atoms with Crippen molar-refractivity contribution in [2.75, 3.05) is 0 Å². The van der Waals surface area contributed by atoms with E-state index in [1.165, 1.54) is 44.9 Å². The van der Waals surface area contributed by atoms with E-state index in [4.69, 9.17) is 4.34 Å². The van der Waals surface area contributed by atoms with Crippen LogP contribution in [0.5, 0.6) is 0 Å². The minimum Gasteiger partial charge on any atom is -0.473 e. The first-order valence-corrected chi connectivity index (χ1v) is 13.2. The Morgan fingerprint density at radius 2 is 1.55 bits per heavy atom. The first-order valence-electron chi connectivity index (χ1n) is 9.74. The summed E-state index contributed by atoms with van der Waals surface area (Å²) in [6.45, 7) is 15.3. The van der Waals surface area contributed by atoms with E-state index in [-0.39, 0.29) is 0 Å². The molecule has 0 aromatic heterocycles. The molecule has 22 heavy (non-hydrogen) atoms. The third kappa shape index (κ3) is 4.32. The van der Waals surface area contributed by atoms with E-state index >= 15 is 0 Å². The lowest BCUT2D eigenvalue weighted by molar-refractivity contribution is 0.445. The van der Waals surface area contributed by atoms with Gasteiger partial charge < -0.3 is 4.34 Å². The number of rotatable bonds is 6. The highest BCUT2D eigenvalue weighted by molar-refractivity contribution is 6.81. The van der Waals surface area contributed by atoms with Gasteiger partial charge in [-0.3, -0.25) is 0 Å². The molecule has 124 valence electrons. The fourth-order valence-electron chi connectivity index (χ4n) is 5.19. The molecule has 0 radical (unpaired) electrons. The zero-order chi connectivity index (χ0) is 16.3. The van der Waals surface area contributed by atoms with E-state index in [1.54, 1.807) is 10.9 Å². The predicted octanol–water partition coefficient (Wildman–Crippen LogP) is 6.26. The van der Waals surface area contributed by atoms with Gasteiger partial charge in [-0.05, 0) is 32.4 Å². The smallest absolute Gasteiger partial charge is 0.310 e. The summed E-state index contributed by atoms with van der Waals surface area (Å²) in [5.41, 5.74) is 3.37. The molecule has 0 aromatic carbocycles. The van der Waals surface area contributed by atoms with Crippen LogP contribution in [-0.4, -0.2) is 21.9 Å². The molecular formula is C18H36B2OSi. The largest absolute Gasteiger partial charge is 0.473 e. The Labute approximate surface area is 141 Å². The van der Waals surface area contributed by atoms with Crippen LogP contribution < -0.4 is 0 Å². The quantitative estimate of drug-likeness (QED) is 0.525. The molecule has 0 aliphatic carbocycles. The van der Waals surface area contributed by atoms with Crippen LogP contribution in [0.2, 0.25) is 37.6 Å². The molecule has 0 atom stereocenters. The van der Waals surface area contributed by atoms with E-state index in [2.05, 4.69) is 40.4 Å². The van der Waals surface area contributed by atoms with Crippen molar-refractivity contribution in [1.82, 2.24) is 0 Å². The van der Waals surface area contributed by atoms with Crippen LogP contribution in [0, 0.1) is 0 Å². The van der Waals surface area contributed by atoms with E-state index in [9.17, 15) is 0 Å². The Kier molecular flexibility index (Phi) is 6.47. The number of hydrogen-bond donors (Lipinski definition) is 0. The number of fused-ring (bicyclic) bond motifs is 2. The lowest BCUT2D eigenvalue weighted by Crippen LogP contribution is -2.40. The zero-order valence-electron chi connectivity index (χ0n) is 15.9. The molecule has 1 nitrogen and oxygen atoms in total. The molecule has 2 rings (SSSR count). The lowest BCUT2D eigenvalue weighted by atomic mass is 9.23. The molecule has 2 bridgehead atoms. The van der Waals surface area contributed by atoms with Crippen LogP contribution in [-0.2, 0) is 4.34 Å². The van der Waals surface area contributed by atoms with Crippen molar-refractivity contribution in [2.24, 2.45) is 0 Å². The topological polar surface area (TPSA) is 9.23 Å². The van der Waals surface area contributed by atoms with Gasteiger partial charge in [-0.1, -0.05) is 76.4 Å². The Morgan fingerprint density at radius 1 is 1.05 bits per heavy atom. The molecule has 2 heterocycles. The summed E-state index contributed by atoms with van der Waals surface area (Å²) in [6, 6.07) is 0. The summed E-state index contributed by atoms with van der Waals surface area (Å²) in [5, 5.41) is 0. The summed E-state index contributed by atoms with van der Waals surface area (Å²) < 4.78 is 6.56. The first-order chi connectivity index (χ1) is 10.4. The molecule has 0 saturated carbocycles. The van der Waals surface area contributed by atoms with Gasteiger partial charge in [0.05, 0.1) is 0 Å². The van der Waals surface area contributed by atoms with Crippen molar-refractivity contribution in [1.29, 1.82) is 0 Å². The molecular weight excluding hydrogens is 282 g/mol. The summed E-state index contributed by atoms with van der Waals surface area (Å²) in [7, 11) is -1.48. The maximum Gasteiger partial charge on any atom is 0.310 e. The summed E-state index contributed by atoms with van der Waals surface area (Å²) in [4.78, 5) is 0. The van der Waals surface area contributed by atoms with Crippen LogP contribution in [0.4, 0.5) is 0 Å². The van der Waals surface area contributed by atoms with Gasteiger partial charge in [-0.15, -0.1) is 5.47 Å². The molecule has 0 N–H and O–H groups in total. The first kappa shape index (κ1) is 18.4. The average molecular weight is 318 g/mol. The highest BCUT2D eigenvalue weighted by Gasteiger charge is 2.41. The Morgan fingerprint density at radius 3 is 1.91 bits per heavy atom. The van der Waals surface area contributed by atoms with Crippen molar-refractivity contribution in [3.05, 3.63) is 10.9 Å². The highest BCUT2D eigenvalue weighted by atomic mass is 28.4. The molecule has 2 aliphatic heterocycles. The Balaban J connectivity index is 2.26. The van der Waals surface area contributed by atoms with Gasteiger partial charge in [0.25, 0.3) is 0 Å².